The Morgan fingerprint density at radius 1 is 1.05 bits per heavy atom. The summed E-state index contributed by atoms with van der Waals surface area (Å²) in [4.78, 5) is 11.3. The van der Waals surface area contributed by atoms with Crippen LogP contribution in [0.4, 0.5) is 11.4 Å². The molecule has 0 amide bonds. The second-order valence-corrected chi connectivity index (χ2v) is 4.85. The lowest BCUT2D eigenvalue weighted by Crippen LogP contribution is -2.19. The number of nitrogens with one attached hydrogen (secondary N) is 2. The van der Waals surface area contributed by atoms with Gasteiger partial charge in [0.15, 0.2) is 10.9 Å². The number of ether oxygens (including phenoxy) is 1. The van der Waals surface area contributed by atoms with Crippen LogP contribution in [-0.4, -0.2) is 18.0 Å². The summed E-state index contributed by atoms with van der Waals surface area (Å²) >= 11 is 5.25. The van der Waals surface area contributed by atoms with E-state index in [1.807, 2.05) is 36.4 Å². The zero-order chi connectivity index (χ0) is 15.2. The summed E-state index contributed by atoms with van der Waals surface area (Å²) in [6.07, 6.45) is 0. The lowest BCUT2D eigenvalue weighted by Gasteiger charge is -2.11. The summed E-state index contributed by atoms with van der Waals surface area (Å²) in [6.45, 7) is 1.53. The van der Waals surface area contributed by atoms with Crippen LogP contribution in [0.15, 0.2) is 48.5 Å². The second kappa shape index (κ2) is 6.85. The van der Waals surface area contributed by atoms with Gasteiger partial charge >= 0.3 is 0 Å². The molecule has 0 atom stereocenters. The van der Waals surface area contributed by atoms with Crippen molar-refractivity contribution in [2.75, 3.05) is 17.7 Å². The fraction of sp³-hybridized carbons (Fsp3) is 0.125. The van der Waals surface area contributed by atoms with Crippen molar-refractivity contribution in [3.8, 4) is 5.75 Å². The molecule has 2 aromatic rings. The second-order valence-electron chi connectivity index (χ2n) is 4.44. The highest BCUT2D eigenvalue weighted by atomic mass is 32.1. The molecule has 2 aromatic carbocycles. The van der Waals surface area contributed by atoms with Crippen LogP contribution < -0.4 is 15.4 Å². The summed E-state index contributed by atoms with van der Waals surface area (Å²) in [5.41, 5.74) is 2.27. The molecule has 0 fully saturated rings. The van der Waals surface area contributed by atoms with Crippen LogP contribution in [0.2, 0.25) is 0 Å². The smallest absolute Gasteiger partial charge is 0.175 e. The van der Waals surface area contributed by atoms with Crippen molar-refractivity contribution in [1.82, 2.24) is 0 Å². The zero-order valence-corrected chi connectivity index (χ0v) is 12.7. The van der Waals surface area contributed by atoms with Crippen molar-refractivity contribution in [3.05, 3.63) is 54.1 Å². The lowest BCUT2D eigenvalue weighted by atomic mass is 10.1. The highest BCUT2D eigenvalue weighted by molar-refractivity contribution is 7.80. The molecule has 2 rings (SSSR count). The van der Waals surface area contributed by atoms with Crippen LogP contribution in [0.5, 0.6) is 5.75 Å². The molecule has 0 heterocycles. The van der Waals surface area contributed by atoms with Crippen LogP contribution in [-0.2, 0) is 0 Å². The fourth-order valence-corrected chi connectivity index (χ4v) is 2.02. The number of ketones is 1. The highest BCUT2D eigenvalue weighted by Crippen LogP contribution is 2.16. The van der Waals surface area contributed by atoms with Crippen LogP contribution in [0, 0.1) is 0 Å². The predicted molar refractivity (Wildman–Crippen MR) is 89.3 cm³/mol. The summed E-state index contributed by atoms with van der Waals surface area (Å²) < 4.78 is 5.10. The minimum Gasteiger partial charge on any atom is -0.497 e. The molecule has 0 saturated heterocycles. The molecule has 0 saturated carbocycles. The van der Waals surface area contributed by atoms with Crippen molar-refractivity contribution < 1.29 is 9.53 Å². The Labute approximate surface area is 129 Å². The van der Waals surface area contributed by atoms with Crippen molar-refractivity contribution >= 4 is 34.5 Å². The average Bonchev–Trinajstić information content (AvgIpc) is 2.48. The quantitative estimate of drug-likeness (QED) is 0.666. The number of hydrogen-bond donors (Lipinski definition) is 2. The van der Waals surface area contributed by atoms with E-state index in [4.69, 9.17) is 17.0 Å². The molecule has 0 aliphatic rings. The van der Waals surface area contributed by atoms with E-state index in [2.05, 4.69) is 10.6 Å². The van der Waals surface area contributed by atoms with Gasteiger partial charge in [-0.25, -0.2) is 0 Å². The van der Waals surface area contributed by atoms with E-state index in [0.717, 1.165) is 17.1 Å². The van der Waals surface area contributed by atoms with Gasteiger partial charge in [0.1, 0.15) is 5.75 Å². The van der Waals surface area contributed by atoms with Gasteiger partial charge in [-0.3, -0.25) is 4.79 Å². The number of rotatable bonds is 4. The molecule has 0 aliphatic carbocycles. The van der Waals surface area contributed by atoms with Gasteiger partial charge < -0.3 is 15.4 Å². The van der Waals surface area contributed by atoms with E-state index in [-0.39, 0.29) is 5.78 Å². The number of Topliss-reactive ketones (excluding diaryl/α,β-unsaturated/α-hetero) is 1. The van der Waals surface area contributed by atoms with Crippen molar-refractivity contribution in [3.63, 3.8) is 0 Å². The number of hydrogen-bond acceptors (Lipinski definition) is 3. The van der Waals surface area contributed by atoms with E-state index in [0.29, 0.717) is 10.7 Å². The van der Waals surface area contributed by atoms with Gasteiger partial charge in [-0.15, -0.1) is 0 Å². The molecule has 108 valence electrons. The van der Waals surface area contributed by atoms with Crippen LogP contribution >= 0.6 is 12.2 Å². The summed E-state index contributed by atoms with van der Waals surface area (Å²) in [7, 11) is 1.62. The minimum atomic E-state index is 0.0210. The number of anilines is 2. The topological polar surface area (TPSA) is 50.4 Å². The number of thiocarbonyl (C=S) groups is 1. The van der Waals surface area contributed by atoms with Crippen molar-refractivity contribution in [2.24, 2.45) is 0 Å². The number of benzene rings is 2. The molecule has 0 radical (unpaired) electrons. The standard InChI is InChI=1S/C16H16N2O2S/c1-11(19)12-4-3-5-14(10-12)18-16(21)17-13-6-8-15(20-2)9-7-13/h3-10H,1-2H3,(H2,17,18,21). The predicted octanol–water partition coefficient (Wildman–Crippen LogP) is 3.71. The number of carbonyl (C=O) groups excluding carboxylic acids is 1. The van der Waals surface area contributed by atoms with Gasteiger partial charge in [-0.05, 0) is 55.5 Å². The Balaban J connectivity index is 2.00. The molecule has 0 bridgehead atoms. The molecule has 0 spiro atoms. The lowest BCUT2D eigenvalue weighted by molar-refractivity contribution is 0.101. The summed E-state index contributed by atoms with van der Waals surface area (Å²) in [6, 6.07) is 14.7. The largest absolute Gasteiger partial charge is 0.497 e. The molecule has 0 unspecified atom stereocenters. The van der Waals surface area contributed by atoms with E-state index in [9.17, 15) is 4.79 Å². The Bertz CT molecular complexity index is 654. The normalized spacial score (nSPS) is 9.81. The number of methoxy groups -OCH3 is 1. The Morgan fingerprint density at radius 3 is 2.33 bits per heavy atom. The third-order valence-corrected chi connectivity index (χ3v) is 3.08. The van der Waals surface area contributed by atoms with E-state index < -0.39 is 0 Å². The average molecular weight is 300 g/mol. The molecule has 0 aromatic heterocycles. The zero-order valence-electron chi connectivity index (χ0n) is 11.8. The maximum absolute atomic E-state index is 11.3. The van der Waals surface area contributed by atoms with Crippen LogP contribution in [0.1, 0.15) is 17.3 Å². The van der Waals surface area contributed by atoms with E-state index in [1.54, 1.807) is 19.2 Å². The van der Waals surface area contributed by atoms with Gasteiger partial charge in [0, 0.05) is 16.9 Å². The SMILES string of the molecule is COc1ccc(NC(=S)Nc2cccc(C(C)=O)c2)cc1. The summed E-state index contributed by atoms with van der Waals surface area (Å²) in [5.74, 6) is 0.807. The van der Waals surface area contributed by atoms with Crippen LogP contribution in [0.25, 0.3) is 0 Å². The molecule has 21 heavy (non-hydrogen) atoms. The molecule has 0 aliphatic heterocycles. The van der Waals surface area contributed by atoms with Crippen molar-refractivity contribution in [2.45, 2.75) is 6.92 Å². The maximum atomic E-state index is 11.3. The van der Waals surface area contributed by atoms with Crippen molar-refractivity contribution in [1.29, 1.82) is 0 Å². The molecule has 4 nitrogen and oxygen atoms in total. The van der Waals surface area contributed by atoms with Gasteiger partial charge in [-0.1, -0.05) is 12.1 Å². The van der Waals surface area contributed by atoms with E-state index >= 15 is 0 Å². The molecule has 2 N–H and O–H groups in total. The Morgan fingerprint density at radius 2 is 1.71 bits per heavy atom. The maximum Gasteiger partial charge on any atom is 0.175 e. The van der Waals surface area contributed by atoms with Crippen LogP contribution in [0.3, 0.4) is 0 Å². The molecule has 5 heteroatoms. The van der Waals surface area contributed by atoms with Gasteiger partial charge in [0.25, 0.3) is 0 Å². The fourth-order valence-electron chi connectivity index (χ4n) is 1.78. The monoisotopic (exact) mass is 300 g/mol. The Hall–Kier alpha value is -2.40. The van der Waals surface area contributed by atoms with Gasteiger partial charge in [-0.2, -0.15) is 0 Å². The first-order valence-corrected chi connectivity index (χ1v) is 6.82. The van der Waals surface area contributed by atoms with E-state index in [1.165, 1.54) is 6.92 Å². The number of carbonyl (C=O) groups is 1. The first-order chi connectivity index (χ1) is 10.1. The Kier molecular flexibility index (Phi) is 4.90. The summed E-state index contributed by atoms with van der Waals surface area (Å²) in [5, 5.41) is 6.58. The third kappa shape index (κ3) is 4.29. The highest BCUT2D eigenvalue weighted by Gasteiger charge is 2.03. The third-order valence-electron chi connectivity index (χ3n) is 2.87. The first-order valence-electron chi connectivity index (χ1n) is 6.41. The minimum absolute atomic E-state index is 0.0210. The molecular weight excluding hydrogens is 284 g/mol. The first kappa shape index (κ1) is 15.0. The molecular formula is C16H16N2O2S. The van der Waals surface area contributed by atoms with Gasteiger partial charge in [0.2, 0.25) is 0 Å². The van der Waals surface area contributed by atoms with Gasteiger partial charge in [0.05, 0.1) is 7.11 Å².